The summed E-state index contributed by atoms with van der Waals surface area (Å²) in [6.45, 7) is 8.46. The molecule has 1 atom stereocenters. The summed E-state index contributed by atoms with van der Waals surface area (Å²) >= 11 is 0. The van der Waals surface area contributed by atoms with E-state index in [1.165, 1.54) is 6.20 Å². The third-order valence-corrected chi connectivity index (χ3v) is 5.72. The van der Waals surface area contributed by atoms with E-state index in [0.717, 1.165) is 6.42 Å². The second-order valence-corrected chi connectivity index (χ2v) is 9.82. The molecule has 0 fully saturated rings. The number of benzene rings is 2. The Morgan fingerprint density at radius 2 is 1.64 bits per heavy atom. The summed E-state index contributed by atoms with van der Waals surface area (Å²) in [6, 6.07) is 14.3. The van der Waals surface area contributed by atoms with Crippen molar-refractivity contribution in [2.45, 2.75) is 52.4 Å². The number of carbonyl (C=O) groups excluding carboxylic acids is 2. The molecule has 3 rings (SSSR count). The molecular weight excluding hydrogens is 625 g/mol. The lowest BCUT2D eigenvalue weighted by Crippen LogP contribution is -2.45. The van der Waals surface area contributed by atoms with E-state index in [1.54, 1.807) is 54.6 Å². The fourth-order valence-electron chi connectivity index (χ4n) is 3.68. The molecule has 0 radical (unpaired) electrons. The monoisotopic (exact) mass is 662 g/mol. The number of carbonyl (C=O) groups is 3. The Balaban J connectivity index is 0.000000984. The molecule has 13 nitrogen and oxygen atoms in total. The number of rotatable bonds is 13. The Morgan fingerprint density at radius 1 is 0.979 bits per heavy atom. The number of carboxylic acids is 1. The van der Waals surface area contributed by atoms with Crippen LogP contribution in [0.15, 0.2) is 60.8 Å². The lowest BCUT2D eigenvalue weighted by molar-refractivity contribution is -0.192. The van der Waals surface area contributed by atoms with E-state index in [4.69, 9.17) is 35.3 Å². The summed E-state index contributed by atoms with van der Waals surface area (Å²) in [7, 11) is 0. The van der Waals surface area contributed by atoms with Gasteiger partial charge in [-0.1, -0.05) is 13.0 Å². The molecular formula is C31H37F3N6O7. The first kappa shape index (κ1) is 37.6. The van der Waals surface area contributed by atoms with Gasteiger partial charge in [-0.05, 0) is 81.3 Å². The number of anilines is 1. The molecule has 0 aliphatic rings. The lowest BCUT2D eigenvalue weighted by Gasteiger charge is -2.22. The minimum absolute atomic E-state index is 0.0504. The van der Waals surface area contributed by atoms with E-state index < -0.39 is 30.0 Å². The molecule has 1 heterocycles. The lowest BCUT2D eigenvalue weighted by atomic mass is 10.0. The molecule has 47 heavy (non-hydrogen) atoms. The molecule has 0 bridgehead atoms. The maximum Gasteiger partial charge on any atom is 0.490 e. The zero-order valence-corrected chi connectivity index (χ0v) is 26.1. The van der Waals surface area contributed by atoms with Gasteiger partial charge in [-0.2, -0.15) is 13.2 Å². The van der Waals surface area contributed by atoms with Crippen LogP contribution in [0.2, 0.25) is 0 Å². The predicted molar refractivity (Wildman–Crippen MR) is 167 cm³/mol. The number of amides is 2. The van der Waals surface area contributed by atoms with Gasteiger partial charge < -0.3 is 30.4 Å². The first-order valence-electron chi connectivity index (χ1n) is 14.3. The van der Waals surface area contributed by atoms with Gasteiger partial charge in [0.25, 0.3) is 11.8 Å². The number of nitrogens with two attached hydrogens (primary N) is 1. The first-order valence-corrected chi connectivity index (χ1v) is 14.3. The number of hydrogen-bond acceptors (Lipinski definition) is 9. The average Bonchev–Trinajstić information content (AvgIpc) is 3.02. The van der Waals surface area contributed by atoms with Crippen LogP contribution in [-0.2, 0) is 9.59 Å². The van der Waals surface area contributed by atoms with Gasteiger partial charge >= 0.3 is 12.1 Å². The second-order valence-electron chi connectivity index (χ2n) is 9.82. The molecule has 0 saturated carbocycles. The summed E-state index contributed by atoms with van der Waals surface area (Å²) in [4.78, 5) is 39.4. The molecule has 254 valence electrons. The Hall–Kier alpha value is -5.54. The van der Waals surface area contributed by atoms with E-state index in [-0.39, 0.29) is 17.6 Å². The number of hydrazine groups is 1. The Kier molecular flexibility index (Phi) is 14.3. The van der Waals surface area contributed by atoms with Gasteiger partial charge in [0.05, 0.1) is 19.3 Å². The molecule has 2 amide bonds. The van der Waals surface area contributed by atoms with E-state index in [1.807, 2.05) is 27.7 Å². The number of alkyl halides is 3. The van der Waals surface area contributed by atoms with Crippen LogP contribution in [0, 0.1) is 5.41 Å². The summed E-state index contributed by atoms with van der Waals surface area (Å²) < 4.78 is 49.0. The van der Waals surface area contributed by atoms with Gasteiger partial charge in [0.2, 0.25) is 0 Å². The van der Waals surface area contributed by atoms with Gasteiger partial charge in [-0.3, -0.25) is 25.8 Å². The number of nitrogens with zero attached hydrogens (tertiary/aromatic N) is 1. The number of aliphatic carboxylic acids is 1. The summed E-state index contributed by atoms with van der Waals surface area (Å²) in [5, 5.41) is 17.9. The average molecular weight is 663 g/mol. The predicted octanol–water partition coefficient (Wildman–Crippen LogP) is 4.59. The highest BCUT2D eigenvalue weighted by Crippen LogP contribution is 2.33. The number of pyridine rings is 1. The quantitative estimate of drug-likeness (QED) is 0.0855. The highest BCUT2D eigenvalue weighted by molar-refractivity contribution is 5.97. The van der Waals surface area contributed by atoms with Gasteiger partial charge in [-0.15, -0.1) is 0 Å². The van der Waals surface area contributed by atoms with Crippen molar-refractivity contribution < 1.29 is 46.9 Å². The van der Waals surface area contributed by atoms with Crippen molar-refractivity contribution in [3.8, 4) is 17.2 Å². The largest absolute Gasteiger partial charge is 0.491 e. The fraction of sp³-hybridized carbons (Fsp3) is 0.323. The van der Waals surface area contributed by atoms with Crippen LogP contribution in [0.3, 0.4) is 0 Å². The number of aromatic nitrogens is 1. The highest BCUT2D eigenvalue weighted by Gasteiger charge is 2.38. The minimum atomic E-state index is -5.08. The van der Waals surface area contributed by atoms with Gasteiger partial charge in [0.15, 0.2) is 22.9 Å². The second kappa shape index (κ2) is 17.8. The van der Waals surface area contributed by atoms with E-state index in [0.29, 0.717) is 47.3 Å². The summed E-state index contributed by atoms with van der Waals surface area (Å²) in [5.41, 5.74) is 12.2. The molecule has 0 aliphatic carbocycles. The van der Waals surface area contributed by atoms with Crippen LogP contribution in [-0.4, -0.2) is 59.2 Å². The number of amidine groups is 1. The first-order chi connectivity index (χ1) is 22.2. The summed E-state index contributed by atoms with van der Waals surface area (Å²) in [5.74, 6) is -2.64. The van der Waals surface area contributed by atoms with Crippen molar-refractivity contribution in [2.75, 3.05) is 18.5 Å². The van der Waals surface area contributed by atoms with Crippen molar-refractivity contribution in [1.29, 1.82) is 5.41 Å². The Labute approximate surface area is 269 Å². The van der Waals surface area contributed by atoms with Crippen molar-refractivity contribution >= 4 is 29.3 Å². The molecule has 1 aromatic heterocycles. The van der Waals surface area contributed by atoms with Gasteiger partial charge in [0.1, 0.15) is 11.9 Å². The van der Waals surface area contributed by atoms with E-state index in [9.17, 15) is 22.8 Å². The van der Waals surface area contributed by atoms with E-state index in [2.05, 4.69) is 21.2 Å². The standard InChI is InChI=1S/C29H36N6O5.C2HF3O2/c1-5-16-39-23-8-7-15-32-26(23)29(37)35-34-28(36)25(33-21-12-9-19(10-13-21)27(30)31)20-11-14-22(40-18(3)4)24(17-20)38-6-2;3-2(4,5)1(6)7/h7-15,17-18,25,33H,5-6,16H2,1-4H3,(H3,30,31)(H,34,36)(H,35,37);(H,6,7). The van der Waals surface area contributed by atoms with Crippen molar-refractivity contribution in [3.05, 3.63) is 77.6 Å². The number of ether oxygens (including phenoxy) is 3. The molecule has 0 aliphatic heterocycles. The molecule has 16 heteroatoms. The van der Waals surface area contributed by atoms with Crippen molar-refractivity contribution in [2.24, 2.45) is 5.73 Å². The minimum Gasteiger partial charge on any atom is -0.491 e. The molecule has 0 spiro atoms. The highest BCUT2D eigenvalue weighted by atomic mass is 19.4. The normalized spacial score (nSPS) is 11.3. The third-order valence-electron chi connectivity index (χ3n) is 5.72. The smallest absolute Gasteiger partial charge is 0.490 e. The van der Waals surface area contributed by atoms with Crippen LogP contribution in [0.4, 0.5) is 18.9 Å². The van der Waals surface area contributed by atoms with Crippen LogP contribution in [0.25, 0.3) is 0 Å². The number of carboxylic acid groups (broad SMARTS) is 1. The Bertz CT molecular complexity index is 1520. The molecule has 0 saturated heterocycles. The maximum absolute atomic E-state index is 13.5. The summed E-state index contributed by atoms with van der Waals surface area (Å²) in [6.07, 6.45) is -2.92. The SMILES string of the molecule is CCCOc1cccnc1C(=O)NNC(=O)C(Nc1ccc(C(=N)N)cc1)c1ccc(OC(C)C)c(OCC)c1.O=C(O)C(F)(F)F. The van der Waals surface area contributed by atoms with Gasteiger partial charge in [0, 0.05) is 17.4 Å². The number of halogens is 3. The molecule has 7 N–H and O–H groups in total. The molecule has 3 aromatic rings. The zero-order valence-electron chi connectivity index (χ0n) is 26.1. The van der Waals surface area contributed by atoms with E-state index >= 15 is 0 Å². The van der Waals surface area contributed by atoms with Crippen LogP contribution in [0.5, 0.6) is 17.2 Å². The maximum atomic E-state index is 13.5. The molecule has 2 aromatic carbocycles. The Morgan fingerprint density at radius 3 is 2.19 bits per heavy atom. The topological polar surface area (TPSA) is 198 Å². The van der Waals surface area contributed by atoms with Crippen molar-refractivity contribution in [3.63, 3.8) is 0 Å². The zero-order chi connectivity index (χ0) is 35.1. The third kappa shape index (κ3) is 12.1. The number of nitrogens with one attached hydrogen (secondary N) is 4. The fourth-order valence-corrected chi connectivity index (χ4v) is 3.68. The van der Waals surface area contributed by atoms with Gasteiger partial charge in [-0.25, -0.2) is 9.78 Å². The van der Waals surface area contributed by atoms with Crippen molar-refractivity contribution in [1.82, 2.24) is 15.8 Å². The number of hydrogen-bond donors (Lipinski definition) is 6. The van der Waals surface area contributed by atoms with Crippen LogP contribution in [0.1, 0.15) is 61.8 Å². The van der Waals surface area contributed by atoms with Crippen LogP contribution >= 0.6 is 0 Å². The molecule has 1 unspecified atom stereocenters. The number of nitrogen functional groups attached to an aromatic ring is 1. The van der Waals surface area contributed by atoms with Crippen LogP contribution < -0.4 is 36.1 Å².